The maximum Gasteiger partial charge on any atom is 0.261 e. The minimum Gasteiger partial charge on any atom is -0.359 e. The van der Waals surface area contributed by atoms with E-state index in [1.807, 2.05) is 12.4 Å². The normalized spacial score (nSPS) is 42.2. The summed E-state index contributed by atoms with van der Waals surface area (Å²) in [5, 5.41) is 2.47. The SMILES string of the molecule is C[C@]12CC=C3C=C4CCC(N5CCC(F)(F)C5)C[C@]45CC[C@]3(O5)[C@@H]1CC[C@@H]2c1ccc2ccncc2c1. The number of halogens is 2. The van der Waals surface area contributed by atoms with Gasteiger partial charge in [0, 0.05) is 36.8 Å². The van der Waals surface area contributed by atoms with Gasteiger partial charge in [0.25, 0.3) is 5.92 Å². The zero-order valence-electron chi connectivity index (χ0n) is 21.7. The van der Waals surface area contributed by atoms with E-state index in [-0.39, 0.29) is 35.6 Å². The van der Waals surface area contributed by atoms with Crippen LogP contribution in [0.1, 0.15) is 76.2 Å². The maximum absolute atomic E-state index is 14.0. The van der Waals surface area contributed by atoms with Gasteiger partial charge in [-0.2, -0.15) is 0 Å². The largest absolute Gasteiger partial charge is 0.359 e. The van der Waals surface area contributed by atoms with Gasteiger partial charge in [0.2, 0.25) is 0 Å². The second-order valence-corrected chi connectivity index (χ2v) is 13.2. The molecule has 1 aromatic heterocycles. The first-order chi connectivity index (χ1) is 17.8. The number of nitrogens with zero attached hydrogens (tertiary/aromatic N) is 2. The molecule has 2 saturated carbocycles. The van der Waals surface area contributed by atoms with Gasteiger partial charge in [-0.1, -0.05) is 31.2 Å². The summed E-state index contributed by atoms with van der Waals surface area (Å²) in [6.45, 7) is 2.95. The number of benzene rings is 1. The number of pyridine rings is 1. The van der Waals surface area contributed by atoms with E-state index < -0.39 is 5.92 Å². The van der Waals surface area contributed by atoms with Crippen molar-refractivity contribution in [1.82, 2.24) is 9.88 Å². The molecule has 0 radical (unpaired) electrons. The zero-order chi connectivity index (χ0) is 25.0. The highest BCUT2D eigenvalue weighted by Gasteiger charge is 2.66. The predicted molar refractivity (Wildman–Crippen MR) is 141 cm³/mol. The third kappa shape index (κ3) is 3.13. The molecule has 4 fully saturated rings. The molecule has 37 heavy (non-hydrogen) atoms. The van der Waals surface area contributed by atoms with E-state index in [0.29, 0.717) is 18.4 Å². The highest BCUT2D eigenvalue weighted by molar-refractivity contribution is 5.82. The Morgan fingerprint density at radius 3 is 2.84 bits per heavy atom. The molecule has 2 bridgehead atoms. The Balaban J connectivity index is 1.12. The monoisotopic (exact) mass is 502 g/mol. The molecule has 1 aromatic carbocycles. The van der Waals surface area contributed by atoms with Crippen LogP contribution in [0, 0.1) is 11.3 Å². The highest BCUT2D eigenvalue weighted by Crippen LogP contribution is 2.69. The third-order valence-corrected chi connectivity index (χ3v) is 11.4. The topological polar surface area (TPSA) is 25.4 Å². The molecule has 2 aromatic rings. The van der Waals surface area contributed by atoms with Crippen LogP contribution in [-0.4, -0.2) is 46.1 Å². The van der Waals surface area contributed by atoms with Gasteiger partial charge < -0.3 is 4.74 Å². The molecule has 0 amide bonds. The number of rotatable bonds is 2. The molecule has 1 unspecified atom stereocenters. The van der Waals surface area contributed by atoms with Crippen molar-refractivity contribution in [2.75, 3.05) is 13.1 Å². The van der Waals surface area contributed by atoms with Crippen LogP contribution in [0.25, 0.3) is 10.8 Å². The van der Waals surface area contributed by atoms with E-state index in [2.05, 4.69) is 53.2 Å². The van der Waals surface area contributed by atoms with Crippen LogP contribution in [0.2, 0.25) is 0 Å². The molecule has 2 spiro atoms. The number of ether oxygens (including phenoxy) is 1. The van der Waals surface area contributed by atoms with Gasteiger partial charge in [-0.25, -0.2) is 8.78 Å². The Hall–Kier alpha value is -2.11. The van der Waals surface area contributed by atoms with Crippen LogP contribution >= 0.6 is 0 Å². The van der Waals surface area contributed by atoms with Crippen LogP contribution in [0.15, 0.2) is 60.0 Å². The van der Waals surface area contributed by atoms with Crippen LogP contribution in [0.3, 0.4) is 0 Å². The maximum atomic E-state index is 14.0. The zero-order valence-corrected chi connectivity index (χ0v) is 21.7. The van der Waals surface area contributed by atoms with Crippen molar-refractivity contribution in [1.29, 1.82) is 0 Å². The molecule has 4 heterocycles. The molecule has 6 aliphatic rings. The molecule has 3 nitrogen and oxygen atoms in total. The van der Waals surface area contributed by atoms with Gasteiger partial charge in [-0.15, -0.1) is 0 Å². The molecule has 6 atom stereocenters. The van der Waals surface area contributed by atoms with E-state index >= 15 is 0 Å². The van der Waals surface area contributed by atoms with Crippen molar-refractivity contribution < 1.29 is 13.5 Å². The molecule has 8 rings (SSSR count). The molecular formula is C32H36F2N2O. The van der Waals surface area contributed by atoms with Crippen molar-refractivity contribution in [3.8, 4) is 0 Å². The van der Waals surface area contributed by atoms with Crippen LogP contribution in [0.5, 0.6) is 0 Å². The van der Waals surface area contributed by atoms with Crippen molar-refractivity contribution in [3.63, 3.8) is 0 Å². The summed E-state index contributed by atoms with van der Waals surface area (Å²) in [6.07, 6.45) is 17.3. The van der Waals surface area contributed by atoms with Crippen LogP contribution < -0.4 is 0 Å². The lowest BCUT2D eigenvalue weighted by Crippen LogP contribution is -2.55. The summed E-state index contributed by atoms with van der Waals surface area (Å²) in [6, 6.07) is 9.26. The summed E-state index contributed by atoms with van der Waals surface area (Å²) >= 11 is 0. The van der Waals surface area contributed by atoms with Gasteiger partial charge in [0.15, 0.2) is 0 Å². The second-order valence-electron chi connectivity index (χ2n) is 13.2. The first-order valence-corrected chi connectivity index (χ1v) is 14.4. The average Bonchev–Trinajstić information content (AvgIpc) is 3.54. The summed E-state index contributed by atoms with van der Waals surface area (Å²) in [5.74, 6) is -1.54. The van der Waals surface area contributed by atoms with Crippen molar-refractivity contribution in [2.45, 2.75) is 93.8 Å². The number of fused-ring (bicyclic) bond motifs is 2. The molecule has 5 heteroatoms. The van der Waals surface area contributed by atoms with E-state index in [1.165, 1.54) is 40.3 Å². The molecule has 2 saturated heterocycles. The van der Waals surface area contributed by atoms with Gasteiger partial charge in [-0.3, -0.25) is 9.88 Å². The fourth-order valence-corrected chi connectivity index (χ4v) is 9.64. The Labute approximate surface area is 218 Å². The quantitative estimate of drug-likeness (QED) is 0.435. The van der Waals surface area contributed by atoms with Crippen molar-refractivity contribution in [2.24, 2.45) is 11.3 Å². The van der Waals surface area contributed by atoms with E-state index in [1.54, 1.807) is 0 Å². The number of hydrogen-bond donors (Lipinski definition) is 0. The minimum absolute atomic E-state index is 0.00350. The first kappa shape index (κ1) is 22.8. The number of aromatic nitrogens is 1. The Morgan fingerprint density at radius 2 is 1.97 bits per heavy atom. The van der Waals surface area contributed by atoms with Crippen LogP contribution in [-0.2, 0) is 4.74 Å². The summed E-state index contributed by atoms with van der Waals surface area (Å²) < 4.78 is 35.5. The lowest BCUT2D eigenvalue weighted by Gasteiger charge is -2.55. The molecule has 194 valence electrons. The number of allylic oxidation sites excluding steroid dienone is 1. The van der Waals surface area contributed by atoms with Gasteiger partial charge in [0.1, 0.15) is 0 Å². The molecule has 0 N–H and O–H groups in total. The van der Waals surface area contributed by atoms with Crippen LogP contribution in [0.4, 0.5) is 8.78 Å². The number of likely N-dealkylation sites (tertiary alicyclic amines) is 1. The number of hydrogen-bond acceptors (Lipinski definition) is 3. The van der Waals surface area contributed by atoms with E-state index in [0.717, 1.165) is 38.5 Å². The van der Waals surface area contributed by atoms with E-state index in [9.17, 15) is 8.78 Å². The van der Waals surface area contributed by atoms with Gasteiger partial charge >= 0.3 is 0 Å². The Morgan fingerprint density at radius 1 is 1.05 bits per heavy atom. The molecule has 3 aliphatic carbocycles. The van der Waals surface area contributed by atoms with Crippen molar-refractivity contribution >= 4 is 10.8 Å². The summed E-state index contributed by atoms with van der Waals surface area (Å²) in [4.78, 5) is 6.43. The predicted octanol–water partition coefficient (Wildman–Crippen LogP) is 7.19. The molecular weight excluding hydrogens is 466 g/mol. The first-order valence-electron chi connectivity index (χ1n) is 14.4. The highest BCUT2D eigenvalue weighted by atomic mass is 19.3. The van der Waals surface area contributed by atoms with Gasteiger partial charge in [0.05, 0.1) is 17.7 Å². The Kier molecular flexibility index (Phi) is 4.63. The van der Waals surface area contributed by atoms with Crippen molar-refractivity contribution in [3.05, 3.63) is 65.5 Å². The van der Waals surface area contributed by atoms with E-state index in [4.69, 9.17) is 4.74 Å². The molecule has 3 aliphatic heterocycles. The average molecular weight is 503 g/mol. The lowest BCUT2D eigenvalue weighted by molar-refractivity contribution is -0.141. The fraction of sp³-hybridized carbons (Fsp3) is 0.594. The van der Waals surface area contributed by atoms with Gasteiger partial charge in [-0.05, 0) is 103 Å². The standard InChI is InChI=1S/C32H36F2N2O/c1-29-10-8-25-17-24-4-5-26(36-15-13-31(33,34)20-36)18-30(24)11-12-32(25,37-30)28(29)7-6-27(29)22-3-2-21-9-14-35-19-23(21)16-22/h2-3,8-9,14,16-17,19,26-28H,4-7,10-13,15,18,20H2,1H3/t26?,27-,28-,29-,30-,32-/m1/s1. The third-order valence-electron chi connectivity index (χ3n) is 11.4. The smallest absolute Gasteiger partial charge is 0.261 e. The Bertz CT molecular complexity index is 1350. The summed E-state index contributed by atoms with van der Waals surface area (Å²) in [5.41, 5.74) is 4.00. The fourth-order valence-electron chi connectivity index (χ4n) is 9.64. The number of alkyl halides is 2. The summed E-state index contributed by atoms with van der Waals surface area (Å²) in [7, 11) is 0. The second kappa shape index (κ2) is 7.51. The minimum atomic E-state index is -2.53. The lowest BCUT2D eigenvalue weighted by atomic mass is 9.58.